The van der Waals surface area contributed by atoms with E-state index in [1.807, 2.05) is 0 Å². The van der Waals surface area contributed by atoms with Gasteiger partial charge in [0.15, 0.2) is 0 Å². The van der Waals surface area contributed by atoms with E-state index in [0.717, 1.165) is 65.8 Å². The van der Waals surface area contributed by atoms with Crippen LogP contribution in [0.1, 0.15) is 99.0 Å². The molecule has 0 amide bonds. The summed E-state index contributed by atoms with van der Waals surface area (Å²) in [6, 6.07) is 4.32. The van der Waals surface area contributed by atoms with Crippen LogP contribution in [0.2, 0.25) is 0 Å². The van der Waals surface area contributed by atoms with E-state index in [0.29, 0.717) is 12.0 Å². The van der Waals surface area contributed by atoms with Crippen molar-refractivity contribution >= 4 is 29.4 Å². The molecule has 0 heterocycles. The molecule has 2 N–H and O–H groups in total. The number of thioether (sulfide) groups is 1. The van der Waals surface area contributed by atoms with Gasteiger partial charge >= 0.3 is 0 Å². The normalized spacial score (nSPS) is 19.1. The van der Waals surface area contributed by atoms with Crippen LogP contribution in [0.4, 0.5) is 11.4 Å². The van der Waals surface area contributed by atoms with E-state index < -0.39 is 0 Å². The monoisotopic (exact) mass is 527 g/mol. The molecule has 1 aliphatic carbocycles. The van der Waals surface area contributed by atoms with E-state index in [4.69, 9.17) is 9.73 Å². The highest BCUT2D eigenvalue weighted by Gasteiger charge is 2.23. The molecular formula is C32H53N3OS. The Morgan fingerprint density at radius 1 is 1.14 bits per heavy atom. The lowest BCUT2D eigenvalue weighted by Crippen LogP contribution is -2.25. The van der Waals surface area contributed by atoms with Crippen LogP contribution >= 0.6 is 11.8 Å². The number of hydrogen-bond donors (Lipinski definition) is 2. The Balaban J connectivity index is 2.22. The van der Waals surface area contributed by atoms with Crippen LogP contribution in [0, 0.1) is 18.8 Å². The van der Waals surface area contributed by atoms with Gasteiger partial charge in [-0.15, -0.1) is 0 Å². The van der Waals surface area contributed by atoms with Crippen LogP contribution in [-0.2, 0) is 0 Å². The molecule has 1 aromatic rings. The predicted molar refractivity (Wildman–Crippen MR) is 167 cm³/mol. The molecule has 0 aromatic heterocycles. The van der Waals surface area contributed by atoms with Gasteiger partial charge in [-0.1, -0.05) is 32.8 Å². The second-order valence-electron chi connectivity index (χ2n) is 10.9. The van der Waals surface area contributed by atoms with Crippen molar-refractivity contribution in [1.82, 2.24) is 5.32 Å². The van der Waals surface area contributed by atoms with Crippen LogP contribution in [0.25, 0.3) is 0 Å². The van der Waals surface area contributed by atoms with Gasteiger partial charge in [-0.2, -0.15) is 11.8 Å². The quantitative estimate of drug-likeness (QED) is 0.135. The first-order valence-corrected chi connectivity index (χ1v) is 15.7. The lowest BCUT2D eigenvalue weighted by molar-refractivity contribution is 0.136. The summed E-state index contributed by atoms with van der Waals surface area (Å²) in [6.45, 7) is 18.3. The van der Waals surface area contributed by atoms with Crippen LogP contribution in [-0.4, -0.2) is 30.4 Å². The largest absolute Gasteiger partial charge is 0.490 e. The van der Waals surface area contributed by atoms with Gasteiger partial charge in [0.25, 0.3) is 0 Å². The zero-order valence-electron chi connectivity index (χ0n) is 24.9. The van der Waals surface area contributed by atoms with Crippen molar-refractivity contribution in [1.29, 1.82) is 0 Å². The van der Waals surface area contributed by atoms with Crippen LogP contribution in [0.3, 0.4) is 0 Å². The number of rotatable bonds is 15. The minimum atomic E-state index is 0.303. The van der Waals surface area contributed by atoms with Crippen LogP contribution < -0.4 is 15.4 Å². The van der Waals surface area contributed by atoms with E-state index in [1.165, 1.54) is 42.8 Å². The molecule has 0 bridgehead atoms. The van der Waals surface area contributed by atoms with Gasteiger partial charge in [-0.25, -0.2) is 0 Å². The first-order chi connectivity index (χ1) is 17.8. The van der Waals surface area contributed by atoms with Gasteiger partial charge in [-0.3, -0.25) is 4.99 Å². The second-order valence-corrected chi connectivity index (χ2v) is 12.0. The van der Waals surface area contributed by atoms with Gasteiger partial charge in [0.1, 0.15) is 5.75 Å². The minimum absolute atomic E-state index is 0.303. The van der Waals surface area contributed by atoms with Gasteiger partial charge in [-0.05, 0) is 114 Å². The van der Waals surface area contributed by atoms with Crippen molar-refractivity contribution in [3.63, 3.8) is 0 Å². The SMILES string of the molecule is CCCCSCC1CCC(Oc2cc(C)c(N=CC(C)CC)c(NC(/C=C(/C)NCC)=C(C)C)c2)CC1. The lowest BCUT2D eigenvalue weighted by Gasteiger charge is -2.29. The Bertz CT molecular complexity index is 909. The average Bonchev–Trinajstić information content (AvgIpc) is 2.86. The minimum Gasteiger partial charge on any atom is -0.490 e. The number of aliphatic imine (C=N–C) groups is 1. The van der Waals surface area contributed by atoms with Crippen molar-refractivity contribution in [3.05, 3.63) is 40.7 Å². The van der Waals surface area contributed by atoms with E-state index in [-0.39, 0.29) is 0 Å². The van der Waals surface area contributed by atoms with Crippen molar-refractivity contribution in [2.75, 3.05) is 23.4 Å². The summed E-state index contributed by atoms with van der Waals surface area (Å²) in [5, 5.41) is 7.11. The summed E-state index contributed by atoms with van der Waals surface area (Å²) in [4.78, 5) is 4.94. The van der Waals surface area contributed by atoms with Crippen molar-refractivity contribution in [2.24, 2.45) is 16.8 Å². The number of aryl methyl sites for hydroxylation is 1. The third-order valence-corrected chi connectivity index (χ3v) is 8.38. The Labute approximate surface area is 232 Å². The molecular weight excluding hydrogens is 474 g/mol. The standard InChI is InChI=1S/C32H53N3OS/c1-9-12-17-37-22-27-13-15-28(16-14-27)36-29-18-25(7)32(34-21-24(6)10-2)31(20-29)35-30(23(4)5)19-26(8)33-11-3/h18-21,24,27-28,33,35H,9-17,22H2,1-8H3/b26-19-,34-21?. The number of ether oxygens (including phenoxy) is 1. The highest BCUT2D eigenvalue weighted by atomic mass is 32.2. The molecule has 1 aromatic carbocycles. The average molecular weight is 528 g/mol. The third kappa shape index (κ3) is 11.2. The molecule has 1 saturated carbocycles. The number of hydrogen-bond acceptors (Lipinski definition) is 5. The zero-order valence-corrected chi connectivity index (χ0v) is 25.7. The number of anilines is 1. The summed E-state index contributed by atoms with van der Waals surface area (Å²) in [5.74, 6) is 4.87. The maximum atomic E-state index is 6.59. The molecule has 37 heavy (non-hydrogen) atoms. The summed E-state index contributed by atoms with van der Waals surface area (Å²) in [6.07, 6.45) is 13.1. The van der Waals surface area contributed by atoms with E-state index in [9.17, 15) is 0 Å². The highest BCUT2D eigenvalue weighted by Crippen LogP contribution is 2.37. The summed E-state index contributed by atoms with van der Waals surface area (Å²) < 4.78 is 6.59. The third-order valence-electron chi connectivity index (χ3n) is 7.09. The summed E-state index contributed by atoms with van der Waals surface area (Å²) in [5.41, 5.74) is 6.61. The highest BCUT2D eigenvalue weighted by molar-refractivity contribution is 7.99. The Kier molecular flexibility index (Phi) is 14.3. The number of nitrogens with one attached hydrogen (secondary N) is 2. The molecule has 208 valence electrons. The summed E-state index contributed by atoms with van der Waals surface area (Å²) in [7, 11) is 0. The fraction of sp³-hybridized carbons (Fsp3) is 0.656. The van der Waals surface area contributed by atoms with Gasteiger partial charge in [0.2, 0.25) is 0 Å². The van der Waals surface area contributed by atoms with Crippen LogP contribution in [0.15, 0.2) is 40.2 Å². The first kappa shape index (κ1) is 31.3. The Hall–Kier alpha value is -1.88. The molecule has 0 saturated heterocycles. The molecule has 5 heteroatoms. The molecule has 1 fully saturated rings. The number of benzene rings is 1. The van der Waals surface area contributed by atoms with Crippen molar-refractivity contribution in [3.8, 4) is 5.75 Å². The van der Waals surface area contributed by atoms with E-state index in [1.54, 1.807) is 0 Å². The number of unbranched alkanes of at least 4 members (excludes halogenated alkanes) is 1. The number of nitrogens with zero attached hydrogens (tertiary/aromatic N) is 1. The molecule has 1 aliphatic rings. The van der Waals surface area contributed by atoms with Gasteiger partial charge < -0.3 is 15.4 Å². The summed E-state index contributed by atoms with van der Waals surface area (Å²) >= 11 is 2.14. The van der Waals surface area contributed by atoms with Gasteiger partial charge in [0.05, 0.1) is 17.5 Å². The Morgan fingerprint density at radius 2 is 1.86 bits per heavy atom. The van der Waals surface area contributed by atoms with E-state index in [2.05, 4.69) is 102 Å². The smallest absolute Gasteiger partial charge is 0.122 e. The van der Waals surface area contributed by atoms with Crippen molar-refractivity contribution in [2.45, 2.75) is 106 Å². The zero-order chi connectivity index (χ0) is 27.2. The lowest BCUT2D eigenvalue weighted by atomic mass is 9.88. The molecule has 1 atom stereocenters. The maximum Gasteiger partial charge on any atom is 0.122 e. The maximum absolute atomic E-state index is 6.59. The molecule has 0 aliphatic heterocycles. The molecule has 0 spiro atoms. The molecule has 0 radical (unpaired) electrons. The Morgan fingerprint density at radius 3 is 2.49 bits per heavy atom. The van der Waals surface area contributed by atoms with Crippen LogP contribution in [0.5, 0.6) is 5.75 Å². The molecule has 1 unspecified atom stereocenters. The van der Waals surface area contributed by atoms with E-state index >= 15 is 0 Å². The fourth-order valence-electron chi connectivity index (χ4n) is 4.49. The topological polar surface area (TPSA) is 45.6 Å². The molecule has 4 nitrogen and oxygen atoms in total. The van der Waals surface area contributed by atoms with Crippen molar-refractivity contribution < 1.29 is 4.74 Å². The first-order valence-electron chi connectivity index (χ1n) is 14.6. The van der Waals surface area contributed by atoms with Gasteiger partial charge in [0, 0.05) is 30.2 Å². The predicted octanol–water partition coefficient (Wildman–Crippen LogP) is 9.43. The number of allylic oxidation sites excluding steroid dienone is 3. The molecule has 2 rings (SSSR count). The fourth-order valence-corrected chi connectivity index (χ4v) is 5.82. The second kappa shape index (κ2) is 16.9.